The molecular formula is C24H28N2O4. The van der Waals surface area contributed by atoms with Crippen molar-refractivity contribution in [2.45, 2.75) is 39.7 Å². The maximum absolute atomic E-state index is 12.6. The van der Waals surface area contributed by atoms with E-state index < -0.39 is 5.97 Å². The largest absolute Gasteiger partial charge is 0.457 e. The van der Waals surface area contributed by atoms with E-state index in [0.717, 1.165) is 41.0 Å². The van der Waals surface area contributed by atoms with Gasteiger partial charge >= 0.3 is 5.97 Å². The van der Waals surface area contributed by atoms with Crippen LogP contribution in [0.25, 0.3) is 10.9 Å². The number of ether oxygens (including phenoxy) is 2. The zero-order chi connectivity index (χ0) is 21.5. The Bertz CT molecular complexity index is 1040. The average Bonchev–Trinajstić information content (AvgIpc) is 3.04. The van der Waals surface area contributed by atoms with Gasteiger partial charge < -0.3 is 14.0 Å². The number of nitrogens with zero attached hydrogens (tertiary/aromatic N) is 2. The number of rotatable bonds is 10. The molecule has 0 aliphatic heterocycles. The highest BCUT2D eigenvalue weighted by Crippen LogP contribution is 2.17. The van der Waals surface area contributed by atoms with E-state index in [0.29, 0.717) is 18.6 Å². The minimum absolute atomic E-state index is 0.182. The molecule has 0 bridgehead atoms. The van der Waals surface area contributed by atoms with Crippen LogP contribution in [0.3, 0.4) is 0 Å². The zero-order valence-corrected chi connectivity index (χ0v) is 17.8. The molecule has 0 unspecified atom stereocenters. The third-order valence-electron chi connectivity index (χ3n) is 5.21. The molecule has 3 aromatic rings. The molecule has 3 rings (SSSR count). The summed E-state index contributed by atoms with van der Waals surface area (Å²) in [6.07, 6.45) is 1.54. The van der Waals surface area contributed by atoms with Crippen molar-refractivity contribution in [2.24, 2.45) is 0 Å². The highest BCUT2D eigenvalue weighted by Gasteiger charge is 2.17. The van der Waals surface area contributed by atoms with E-state index in [1.54, 1.807) is 7.11 Å². The molecule has 0 radical (unpaired) electrons. The number of aromatic nitrogens is 2. The lowest BCUT2D eigenvalue weighted by atomic mass is 10.1. The van der Waals surface area contributed by atoms with E-state index in [9.17, 15) is 9.59 Å². The Kier molecular flexibility index (Phi) is 7.36. The number of Topliss-reactive ketones (excluding diaryl/α,β-unsaturated/α-hetero) is 1. The quantitative estimate of drug-likeness (QED) is 0.288. The van der Waals surface area contributed by atoms with Gasteiger partial charge in [0.25, 0.3) is 0 Å². The predicted molar refractivity (Wildman–Crippen MR) is 116 cm³/mol. The average molecular weight is 408 g/mol. The number of carbonyl (C=O) groups excluding carboxylic acids is 2. The van der Waals surface area contributed by atoms with Crippen LogP contribution in [0.15, 0.2) is 42.5 Å². The standard InChI is InChI=1S/C24H28N2O4/c1-17-15-21(18(2)26(17)13-6-14-29-3)23(27)16-30-24(28)12-11-20-10-9-19-7-4-5-8-22(19)25-20/h4-5,7-10,15H,6,11-14,16H2,1-3H3. The van der Waals surface area contributed by atoms with Gasteiger partial charge in [0, 0.05) is 54.7 Å². The highest BCUT2D eigenvalue weighted by molar-refractivity contribution is 5.99. The molecule has 2 heterocycles. The number of ketones is 1. The molecule has 0 saturated carbocycles. The predicted octanol–water partition coefficient (Wildman–Crippen LogP) is 4.05. The van der Waals surface area contributed by atoms with Gasteiger partial charge in [-0.3, -0.25) is 14.6 Å². The Morgan fingerprint density at radius 1 is 1.10 bits per heavy atom. The molecular weight excluding hydrogens is 380 g/mol. The first-order valence-corrected chi connectivity index (χ1v) is 10.2. The molecule has 0 atom stereocenters. The van der Waals surface area contributed by atoms with Crippen LogP contribution in [0.2, 0.25) is 0 Å². The molecule has 0 aliphatic rings. The molecule has 0 N–H and O–H groups in total. The van der Waals surface area contributed by atoms with Gasteiger partial charge in [-0.25, -0.2) is 0 Å². The Hall–Kier alpha value is -2.99. The van der Waals surface area contributed by atoms with Crippen LogP contribution in [0.5, 0.6) is 0 Å². The maximum atomic E-state index is 12.6. The second-order valence-electron chi connectivity index (χ2n) is 7.36. The van der Waals surface area contributed by atoms with Crippen molar-refractivity contribution >= 4 is 22.7 Å². The normalized spacial score (nSPS) is 11.0. The van der Waals surface area contributed by atoms with Gasteiger partial charge in [0.2, 0.25) is 5.78 Å². The molecule has 6 heteroatoms. The third kappa shape index (κ3) is 5.33. The number of esters is 1. The number of aryl methyl sites for hydroxylation is 2. The summed E-state index contributed by atoms with van der Waals surface area (Å²) < 4.78 is 12.4. The summed E-state index contributed by atoms with van der Waals surface area (Å²) in [7, 11) is 1.68. The molecule has 30 heavy (non-hydrogen) atoms. The number of pyridine rings is 1. The van der Waals surface area contributed by atoms with Gasteiger partial charge in [-0.2, -0.15) is 0 Å². The van der Waals surface area contributed by atoms with E-state index in [1.807, 2.05) is 56.3 Å². The first-order valence-electron chi connectivity index (χ1n) is 10.2. The summed E-state index contributed by atoms with van der Waals surface area (Å²) in [5.74, 6) is -0.578. The minimum atomic E-state index is -0.396. The van der Waals surface area contributed by atoms with Crippen LogP contribution in [0.4, 0.5) is 0 Å². The molecule has 158 valence electrons. The van der Waals surface area contributed by atoms with Crippen molar-refractivity contribution in [1.29, 1.82) is 0 Å². The number of para-hydroxylation sites is 1. The van der Waals surface area contributed by atoms with Crippen LogP contribution in [-0.4, -0.2) is 41.6 Å². The number of benzene rings is 1. The molecule has 6 nitrogen and oxygen atoms in total. The first-order chi connectivity index (χ1) is 14.5. The van der Waals surface area contributed by atoms with Crippen LogP contribution in [0.1, 0.15) is 40.3 Å². The Labute approximate surface area is 176 Å². The van der Waals surface area contributed by atoms with Crippen LogP contribution in [-0.2, 0) is 27.2 Å². The van der Waals surface area contributed by atoms with Crippen LogP contribution < -0.4 is 0 Å². The van der Waals surface area contributed by atoms with E-state index in [2.05, 4.69) is 9.55 Å². The molecule has 0 spiro atoms. The maximum Gasteiger partial charge on any atom is 0.306 e. The lowest BCUT2D eigenvalue weighted by Crippen LogP contribution is -2.15. The fourth-order valence-corrected chi connectivity index (χ4v) is 3.57. The van der Waals surface area contributed by atoms with Crippen molar-refractivity contribution < 1.29 is 19.1 Å². The van der Waals surface area contributed by atoms with Crippen LogP contribution in [0, 0.1) is 13.8 Å². The summed E-state index contributed by atoms with van der Waals surface area (Å²) in [6.45, 7) is 5.10. The molecule has 0 fully saturated rings. The zero-order valence-electron chi connectivity index (χ0n) is 17.8. The smallest absolute Gasteiger partial charge is 0.306 e. The van der Waals surface area contributed by atoms with E-state index >= 15 is 0 Å². The van der Waals surface area contributed by atoms with E-state index in [4.69, 9.17) is 9.47 Å². The summed E-state index contributed by atoms with van der Waals surface area (Å²) in [4.78, 5) is 29.2. The fraction of sp³-hybridized carbons (Fsp3) is 0.375. The molecule has 2 aromatic heterocycles. The second kappa shape index (κ2) is 10.2. The van der Waals surface area contributed by atoms with E-state index in [1.165, 1.54) is 0 Å². The topological polar surface area (TPSA) is 70.4 Å². The van der Waals surface area contributed by atoms with Gasteiger partial charge in [-0.1, -0.05) is 24.3 Å². The summed E-state index contributed by atoms with van der Waals surface area (Å²) in [6, 6.07) is 13.6. The number of fused-ring (bicyclic) bond motifs is 1. The first kappa shape index (κ1) is 21.7. The van der Waals surface area contributed by atoms with Gasteiger partial charge in [-0.05, 0) is 38.5 Å². The SMILES string of the molecule is COCCCn1c(C)cc(C(=O)COC(=O)CCc2ccc3ccccc3n2)c1C. The third-order valence-corrected chi connectivity index (χ3v) is 5.21. The van der Waals surface area contributed by atoms with Crippen molar-refractivity contribution in [2.75, 3.05) is 20.3 Å². The van der Waals surface area contributed by atoms with Crippen molar-refractivity contribution in [3.63, 3.8) is 0 Å². The Morgan fingerprint density at radius 2 is 1.90 bits per heavy atom. The lowest BCUT2D eigenvalue weighted by molar-refractivity contribution is -0.142. The lowest BCUT2D eigenvalue weighted by Gasteiger charge is -2.09. The minimum Gasteiger partial charge on any atom is -0.457 e. The monoisotopic (exact) mass is 408 g/mol. The number of hydrogen-bond donors (Lipinski definition) is 0. The molecule has 0 aliphatic carbocycles. The van der Waals surface area contributed by atoms with Crippen molar-refractivity contribution in [3.05, 3.63) is 65.1 Å². The van der Waals surface area contributed by atoms with Crippen molar-refractivity contribution in [3.8, 4) is 0 Å². The Balaban J connectivity index is 1.51. The van der Waals surface area contributed by atoms with Gasteiger partial charge in [0.15, 0.2) is 6.61 Å². The highest BCUT2D eigenvalue weighted by atomic mass is 16.5. The van der Waals surface area contributed by atoms with Gasteiger partial charge in [-0.15, -0.1) is 0 Å². The molecule has 1 aromatic carbocycles. The number of hydrogen-bond acceptors (Lipinski definition) is 5. The van der Waals surface area contributed by atoms with Gasteiger partial charge in [0.1, 0.15) is 0 Å². The summed E-state index contributed by atoms with van der Waals surface area (Å²) in [5.41, 5.74) is 4.25. The number of carbonyl (C=O) groups is 2. The van der Waals surface area contributed by atoms with Crippen LogP contribution >= 0.6 is 0 Å². The van der Waals surface area contributed by atoms with E-state index in [-0.39, 0.29) is 18.8 Å². The summed E-state index contributed by atoms with van der Waals surface area (Å²) >= 11 is 0. The summed E-state index contributed by atoms with van der Waals surface area (Å²) in [5, 5.41) is 1.06. The molecule has 0 saturated heterocycles. The molecule has 0 amide bonds. The second-order valence-corrected chi connectivity index (χ2v) is 7.36. The fourth-order valence-electron chi connectivity index (χ4n) is 3.57. The van der Waals surface area contributed by atoms with Crippen molar-refractivity contribution in [1.82, 2.24) is 9.55 Å². The van der Waals surface area contributed by atoms with Gasteiger partial charge in [0.05, 0.1) is 11.9 Å². The number of methoxy groups -OCH3 is 1. The Morgan fingerprint density at radius 3 is 2.70 bits per heavy atom.